The molecule has 0 aliphatic heterocycles. The van der Waals surface area contributed by atoms with Crippen LogP contribution in [0.15, 0.2) is 41.2 Å². The number of tetrazole rings is 1. The second-order valence-corrected chi connectivity index (χ2v) is 6.25. The molecule has 1 heterocycles. The molecule has 0 unspecified atom stereocenters. The number of hydrogen-bond acceptors (Lipinski definition) is 4. The zero-order valence-electron chi connectivity index (χ0n) is 14.7. The van der Waals surface area contributed by atoms with E-state index < -0.39 is 34.9 Å². The predicted molar refractivity (Wildman–Crippen MR) is 90.3 cm³/mol. The molecular formula is C17H13F6N5O. The van der Waals surface area contributed by atoms with Gasteiger partial charge in [-0.3, -0.25) is 0 Å². The van der Waals surface area contributed by atoms with Gasteiger partial charge in [0.05, 0.1) is 23.4 Å². The van der Waals surface area contributed by atoms with Gasteiger partial charge in [-0.2, -0.15) is 35.7 Å². The SMILES string of the molecule is Cc1cc(Cn2nnn(-c3ccc(C(F)(F)F)c(C(F)(F)F)c3)c2=O)ccc1N. The molecule has 2 aromatic carbocycles. The molecule has 0 atom stereocenters. The summed E-state index contributed by atoms with van der Waals surface area (Å²) in [4.78, 5) is 12.4. The first-order chi connectivity index (χ1) is 13.4. The number of nitrogen functional groups attached to an aromatic ring is 1. The summed E-state index contributed by atoms with van der Waals surface area (Å²) < 4.78 is 79.3. The summed E-state index contributed by atoms with van der Waals surface area (Å²) in [5, 5.41) is 7.07. The summed E-state index contributed by atoms with van der Waals surface area (Å²) in [5.41, 5.74) is 2.46. The van der Waals surface area contributed by atoms with E-state index >= 15 is 0 Å². The minimum absolute atomic E-state index is 0.0489. The van der Waals surface area contributed by atoms with Gasteiger partial charge in [-0.25, -0.2) is 4.79 Å². The van der Waals surface area contributed by atoms with Gasteiger partial charge < -0.3 is 5.73 Å². The number of anilines is 1. The molecule has 6 nitrogen and oxygen atoms in total. The zero-order valence-corrected chi connectivity index (χ0v) is 14.7. The van der Waals surface area contributed by atoms with Gasteiger partial charge in [-0.05, 0) is 52.7 Å². The number of aromatic nitrogens is 4. The van der Waals surface area contributed by atoms with E-state index in [1.54, 1.807) is 25.1 Å². The number of alkyl halides is 6. The third-order valence-electron chi connectivity index (χ3n) is 4.16. The maximum atomic E-state index is 13.1. The summed E-state index contributed by atoms with van der Waals surface area (Å²) >= 11 is 0. The molecule has 0 amide bonds. The van der Waals surface area contributed by atoms with Crippen molar-refractivity contribution in [2.24, 2.45) is 0 Å². The second-order valence-electron chi connectivity index (χ2n) is 6.25. The first-order valence-electron chi connectivity index (χ1n) is 8.04. The first kappa shape index (κ1) is 20.4. The molecule has 0 radical (unpaired) electrons. The Morgan fingerprint density at radius 3 is 2.17 bits per heavy atom. The summed E-state index contributed by atoms with van der Waals surface area (Å²) in [5.74, 6) is 0. The molecule has 3 rings (SSSR count). The number of nitrogens with zero attached hydrogens (tertiary/aromatic N) is 4. The molecule has 1 aromatic heterocycles. The van der Waals surface area contributed by atoms with Gasteiger partial charge in [0.2, 0.25) is 0 Å². The molecule has 0 aliphatic rings. The van der Waals surface area contributed by atoms with E-state index in [0.717, 1.165) is 16.3 Å². The zero-order chi connectivity index (χ0) is 21.6. The molecule has 0 fully saturated rings. The lowest BCUT2D eigenvalue weighted by atomic mass is 10.1. The molecule has 0 spiro atoms. The van der Waals surface area contributed by atoms with Crippen LogP contribution in [0.2, 0.25) is 0 Å². The fourth-order valence-corrected chi connectivity index (χ4v) is 2.69. The van der Waals surface area contributed by atoms with Crippen molar-refractivity contribution < 1.29 is 26.3 Å². The van der Waals surface area contributed by atoms with Crippen molar-refractivity contribution in [2.45, 2.75) is 25.8 Å². The minimum atomic E-state index is -5.28. The van der Waals surface area contributed by atoms with Crippen molar-refractivity contribution in [3.63, 3.8) is 0 Å². The van der Waals surface area contributed by atoms with E-state index in [2.05, 4.69) is 10.4 Å². The van der Waals surface area contributed by atoms with Gasteiger partial charge in [-0.15, -0.1) is 0 Å². The topological polar surface area (TPSA) is 78.7 Å². The van der Waals surface area contributed by atoms with Crippen LogP contribution in [0.25, 0.3) is 5.69 Å². The van der Waals surface area contributed by atoms with Crippen LogP contribution < -0.4 is 11.4 Å². The highest BCUT2D eigenvalue weighted by Crippen LogP contribution is 2.40. The average Bonchev–Trinajstić information content (AvgIpc) is 2.97. The molecule has 12 heteroatoms. The highest BCUT2D eigenvalue weighted by atomic mass is 19.4. The van der Waals surface area contributed by atoms with Crippen LogP contribution in [0.5, 0.6) is 0 Å². The first-order valence-corrected chi connectivity index (χ1v) is 8.04. The van der Waals surface area contributed by atoms with Crippen LogP contribution in [-0.4, -0.2) is 19.8 Å². The van der Waals surface area contributed by atoms with E-state index in [1.807, 2.05) is 0 Å². The van der Waals surface area contributed by atoms with Crippen molar-refractivity contribution in [3.05, 3.63) is 69.1 Å². The van der Waals surface area contributed by atoms with Gasteiger partial charge in [0, 0.05) is 5.69 Å². The van der Waals surface area contributed by atoms with Crippen molar-refractivity contribution >= 4 is 5.69 Å². The molecule has 29 heavy (non-hydrogen) atoms. The van der Waals surface area contributed by atoms with Crippen LogP contribution in [0.3, 0.4) is 0 Å². The van der Waals surface area contributed by atoms with E-state index in [9.17, 15) is 31.1 Å². The molecule has 0 saturated heterocycles. The van der Waals surface area contributed by atoms with Crippen molar-refractivity contribution in [2.75, 3.05) is 5.73 Å². The Balaban J connectivity index is 2.02. The second kappa shape index (κ2) is 6.94. The molecule has 0 bridgehead atoms. The monoisotopic (exact) mass is 417 g/mol. The number of halogens is 6. The summed E-state index contributed by atoms with van der Waals surface area (Å²) in [6, 6.07) is 6.15. The lowest BCUT2D eigenvalue weighted by Crippen LogP contribution is -2.25. The van der Waals surface area contributed by atoms with Gasteiger partial charge in [0.1, 0.15) is 0 Å². The van der Waals surface area contributed by atoms with E-state index in [0.29, 0.717) is 15.9 Å². The molecular weight excluding hydrogens is 404 g/mol. The van der Waals surface area contributed by atoms with Crippen LogP contribution in [0.1, 0.15) is 22.3 Å². The Labute approximate surface area is 159 Å². The van der Waals surface area contributed by atoms with Crippen molar-refractivity contribution in [1.82, 2.24) is 19.8 Å². The lowest BCUT2D eigenvalue weighted by Gasteiger charge is -2.16. The summed E-state index contributed by atoms with van der Waals surface area (Å²) in [6.45, 7) is 1.70. The Morgan fingerprint density at radius 2 is 1.59 bits per heavy atom. The smallest absolute Gasteiger partial charge is 0.399 e. The Morgan fingerprint density at radius 1 is 0.931 bits per heavy atom. The number of nitrogens with two attached hydrogens (primary N) is 1. The Kier molecular flexibility index (Phi) is 4.89. The maximum Gasteiger partial charge on any atom is 0.417 e. The standard InChI is InChI=1S/C17H13F6N5O/c1-9-6-10(2-5-14(9)24)8-27-15(29)28(26-25-27)11-3-4-12(16(18,19)20)13(7-11)17(21,22)23/h2-7H,8,24H2,1H3. The van der Waals surface area contributed by atoms with Crippen LogP contribution >= 0.6 is 0 Å². The number of aryl methyl sites for hydroxylation is 1. The summed E-state index contributed by atoms with van der Waals surface area (Å²) in [6.07, 6.45) is -10.5. The van der Waals surface area contributed by atoms with Crippen molar-refractivity contribution in [1.29, 1.82) is 0 Å². The molecule has 3 aromatic rings. The van der Waals surface area contributed by atoms with Gasteiger partial charge in [-0.1, -0.05) is 12.1 Å². The molecule has 0 saturated carbocycles. The fraction of sp³-hybridized carbons (Fsp3) is 0.235. The van der Waals surface area contributed by atoms with Gasteiger partial charge in [0.25, 0.3) is 0 Å². The summed E-state index contributed by atoms with van der Waals surface area (Å²) in [7, 11) is 0. The van der Waals surface area contributed by atoms with Gasteiger partial charge >= 0.3 is 18.0 Å². The van der Waals surface area contributed by atoms with Crippen molar-refractivity contribution in [3.8, 4) is 5.69 Å². The minimum Gasteiger partial charge on any atom is -0.399 e. The normalized spacial score (nSPS) is 12.4. The average molecular weight is 417 g/mol. The number of hydrogen-bond donors (Lipinski definition) is 1. The van der Waals surface area contributed by atoms with Crippen LogP contribution in [0.4, 0.5) is 32.0 Å². The Hall–Kier alpha value is -3.31. The third-order valence-corrected chi connectivity index (χ3v) is 4.16. The Bertz CT molecular complexity index is 1110. The fourth-order valence-electron chi connectivity index (χ4n) is 2.69. The number of rotatable bonds is 3. The largest absolute Gasteiger partial charge is 0.417 e. The third kappa shape index (κ3) is 4.10. The van der Waals surface area contributed by atoms with Crippen LogP contribution in [0, 0.1) is 6.92 Å². The lowest BCUT2D eigenvalue weighted by molar-refractivity contribution is -0.162. The molecule has 154 valence electrons. The molecule has 0 aliphatic carbocycles. The number of benzene rings is 2. The van der Waals surface area contributed by atoms with E-state index in [4.69, 9.17) is 5.73 Å². The highest BCUT2D eigenvalue weighted by Gasteiger charge is 2.43. The quantitative estimate of drug-likeness (QED) is 0.523. The van der Waals surface area contributed by atoms with E-state index in [1.165, 1.54) is 0 Å². The van der Waals surface area contributed by atoms with Crippen LogP contribution in [-0.2, 0) is 18.9 Å². The predicted octanol–water partition coefficient (Wildman–Crippen LogP) is 3.41. The maximum absolute atomic E-state index is 13.1. The molecule has 2 N–H and O–H groups in total. The highest BCUT2D eigenvalue weighted by molar-refractivity contribution is 5.47. The van der Waals surface area contributed by atoms with Gasteiger partial charge in [0.15, 0.2) is 0 Å². The van der Waals surface area contributed by atoms with E-state index in [-0.39, 0.29) is 18.7 Å².